The molecule has 0 aliphatic carbocycles. The summed E-state index contributed by atoms with van der Waals surface area (Å²) in [5.74, 6) is 0.126. The Morgan fingerprint density at radius 3 is 2.78 bits per heavy atom. The van der Waals surface area contributed by atoms with Crippen molar-refractivity contribution in [1.29, 1.82) is 0 Å². The highest BCUT2D eigenvalue weighted by molar-refractivity contribution is 7.91. The minimum atomic E-state index is -2.94. The topological polar surface area (TPSA) is 54.4 Å². The van der Waals surface area contributed by atoms with E-state index in [1.54, 1.807) is 0 Å². The van der Waals surface area contributed by atoms with E-state index in [0.29, 0.717) is 17.9 Å². The summed E-state index contributed by atoms with van der Waals surface area (Å²) >= 11 is 6.11. The fourth-order valence-corrected chi connectivity index (χ4v) is 4.52. The van der Waals surface area contributed by atoms with Crippen LogP contribution in [-0.4, -0.2) is 31.1 Å². The maximum Gasteiger partial charge on any atom is 0.150 e. The Kier molecular flexibility index (Phi) is 3.99. The van der Waals surface area contributed by atoms with Crippen LogP contribution in [0.25, 0.3) is 0 Å². The molecule has 0 radical (unpaired) electrons. The average Bonchev–Trinajstić information content (AvgIpc) is 2.63. The van der Waals surface area contributed by atoms with Crippen LogP contribution >= 0.6 is 11.6 Å². The summed E-state index contributed by atoms with van der Waals surface area (Å²) in [6.45, 7) is 1.95. The van der Waals surface area contributed by atoms with E-state index < -0.39 is 15.9 Å². The predicted octanol–water partition coefficient (Wildman–Crippen LogP) is 1.99. The van der Waals surface area contributed by atoms with Crippen LogP contribution in [0.3, 0.4) is 0 Å². The van der Waals surface area contributed by atoms with Crippen molar-refractivity contribution in [3.8, 4) is 0 Å². The van der Waals surface area contributed by atoms with E-state index in [1.807, 2.05) is 25.1 Å². The molecule has 18 heavy (non-hydrogen) atoms. The highest BCUT2D eigenvalue weighted by atomic mass is 35.5. The van der Waals surface area contributed by atoms with Crippen LogP contribution in [0.15, 0.2) is 18.2 Å². The lowest BCUT2D eigenvalue weighted by Crippen LogP contribution is -2.24. The Morgan fingerprint density at radius 2 is 2.22 bits per heavy atom. The van der Waals surface area contributed by atoms with Crippen molar-refractivity contribution in [2.75, 3.05) is 11.5 Å². The minimum Gasteiger partial charge on any atom is -0.392 e. The molecule has 0 amide bonds. The van der Waals surface area contributed by atoms with Crippen molar-refractivity contribution in [2.45, 2.75) is 25.9 Å². The zero-order chi connectivity index (χ0) is 13.3. The van der Waals surface area contributed by atoms with E-state index in [-0.39, 0.29) is 17.4 Å². The van der Waals surface area contributed by atoms with E-state index in [2.05, 4.69) is 0 Å². The van der Waals surface area contributed by atoms with Gasteiger partial charge in [-0.3, -0.25) is 0 Å². The molecule has 5 heteroatoms. The third-order valence-electron chi connectivity index (χ3n) is 3.45. The summed E-state index contributed by atoms with van der Waals surface area (Å²) in [5.41, 5.74) is 1.95. The zero-order valence-electron chi connectivity index (χ0n) is 10.3. The molecule has 0 aromatic heterocycles. The van der Waals surface area contributed by atoms with Gasteiger partial charge in [0.05, 0.1) is 17.6 Å². The smallest absolute Gasteiger partial charge is 0.150 e. The molecule has 0 spiro atoms. The highest BCUT2D eigenvalue weighted by Gasteiger charge is 2.32. The van der Waals surface area contributed by atoms with Crippen molar-refractivity contribution < 1.29 is 13.5 Å². The van der Waals surface area contributed by atoms with Gasteiger partial charge in [0.25, 0.3) is 0 Å². The second kappa shape index (κ2) is 5.19. The second-order valence-corrected chi connectivity index (χ2v) is 7.67. The van der Waals surface area contributed by atoms with Crippen LogP contribution in [0.5, 0.6) is 0 Å². The van der Waals surface area contributed by atoms with Gasteiger partial charge in [-0.1, -0.05) is 23.7 Å². The standard InChI is InChI=1S/C13H17ClO3S/c1-9-2-3-10(12(14)6-9)7-13(15)11-4-5-18(16,17)8-11/h2-3,6,11,13,15H,4-5,7-8H2,1H3. The monoisotopic (exact) mass is 288 g/mol. The SMILES string of the molecule is Cc1ccc(CC(O)C2CCS(=O)(=O)C2)c(Cl)c1. The molecule has 2 atom stereocenters. The molecule has 2 unspecified atom stereocenters. The predicted molar refractivity (Wildman–Crippen MR) is 72.7 cm³/mol. The molecule has 1 fully saturated rings. The Morgan fingerprint density at radius 1 is 1.50 bits per heavy atom. The number of aryl methyl sites for hydroxylation is 1. The van der Waals surface area contributed by atoms with Gasteiger partial charge in [-0.15, -0.1) is 0 Å². The van der Waals surface area contributed by atoms with Gasteiger partial charge >= 0.3 is 0 Å². The van der Waals surface area contributed by atoms with Gasteiger partial charge in [0.2, 0.25) is 0 Å². The maximum absolute atomic E-state index is 11.4. The van der Waals surface area contributed by atoms with Crippen molar-refractivity contribution in [3.63, 3.8) is 0 Å². The molecular formula is C13H17ClO3S. The molecule has 0 saturated carbocycles. The summed E-state index contributed by atoms with van der Waals surface area (Å²) in [5, 5.41) is 10.7. The van der Waals surface area contributed by atoms with Gasteiger partial charge in [0.15, 0.2) is 9.84 Å². The molecule has 2 rings (SSSR count). The molecule has 0 bridgehead atoms. The van der Waals surface area contributed by atoms with Crippen molar-refractivity contribution in [2.24, 2.45) is 5.92 Å². The highest BCUT2D eigenvalue weighted by Crippen LogP contribution is 2.26. The number of hydrogen-bond donors (Lipinski definition) is 1. The van der Waals surface area contributed by atoms with Crippen LogP contribution in [0.4, 0.5) is 0 Å². The van der Waals surface area contributed by atoms with Crippen LogP contribution in [0, 0.1) is 12.8 Å². The third kappa shape index (κ3) is 3.25. The fraction of sp³-hybridized carbons (Fsp3) is 0.538. The Hall–Kier alpha value is -0.580. The first-order valence-electron chi connectivity index (χ1n) is 6.01. The number of aliphatic hydroxyl groups is 1. The average molecular weight is 289 g/mol. The van der Waals surface area contributed by atoms with Gasteiger partial charge in [0.1, 0.15) is 0 Å². The second-order valence-electron chi connectivity index (χ2n) is 5.03. The molecule has 1 aromatic rings. The van der Waals surface area contributed by atoms with Crippen molar-refractivity contribution >= 4 is 21.4 Å². The molecule has 100 valence electrons. The van der Waals surface area contributed by atoms with Crippen molar-refractivity contribution in [1.82, 2.24) is 0 Å². The van der Waals surface area contributed by atoms with Crippen LogP contribution in [0.1, 0.15) is 17.5 Å². The largest absolute Gasteiger partial charge is 0.392 e. The fourth-order valence-electron chi connectivity index (χ4n) is 2.34. The van der Waals surface area contributed by atoms with Crippen LogP contribution < -0.4 is 0 Å². The number of hydrogen-bond acceptors (Lipinski definition) is 3. The van der Waals surface area contributed by atoms with E-state index in [9.17, 15) is 13.5 Å². The molecular weight excluding hydrogens is 272 g/mol. The number of rotatable bonds is 3. The Labute approximate surface area is 113 Å². The molecule has 3 nitrogen and oxygen atoms in total. The third-order valence-corrected chi connectivity index (χ3v) is 5.60. The number of benzene rings is 1. The Bertz CT molecular complexity index is 539. The summed E-state index contributed by atoms with van der Waals surface area (Å²) < 4.78 is 22.7. The normalized spacial score (nSPS) is 24.1. The molecule has 1 saturated heterocycles. The zero-order valence-corrected chi connectivity index (χ0v) is 11.8. The number of halogens is 1. The van der Waals surface area contributed by atoms with Crippen LogP contribution in [0.2, 0.25) is 5.02 Å². The number of sulfone groups is 1. The molecule has 1 N–H and O–H groups in total. The minimum absolute atomic E-state index is 0.0949. The molecule has 1 heterocycles. The van der Waals surface area contributed by atoms with E-state index in [4.69, 9.17) is 11.6 Å². The lowest BCUT2D eigenvalue weighted by atomic mass is 9.95. The molecule has 1 aliphatic rings. The summed E-state index contributed by atoms with van der Waals surface area (Å²) in [6.07, 6.45) is 0.328. The summed E-state index contributed by atoms with van der Waals surface area (Å²) in [4.78, 5) is 0. The van der Waals surface area contributed by atoms with Gasteiger partial charge in [-0.05, 0) is 30.5 Å². The Balaban J connectivity index is 2.05. The van der Waals surface area contributed by atoms with E-state index >= 15 is 0 Å². The summed E-state index contributed by atoms with van der Waals surface area (Å²) in [7, 11) is -2.94. The van der Waals surface area contributed by atoms with Gasteiger partial charge in [-0.25, -0.2) is 8.42 Å². The van der Waals surface area contributed by atoms with Gasteiger partial charge < -0.3 is 5.11 Å². The van der Waals surface area contributed by atoms with Gasteiger partial charge in [-0.2, -0.15) is 0 Å². The maximum atomic E-state index is 11.4. The quantitative estimate of drug-likeness (QED) is 0.925. The first kappa shape index (κ1) is 13.8. The lowest BCUT2D eigenvalue weighted by Gasteiger charge is -2.17. The van der Waals surface area contributed by atoms with Crippen LogP contribution in [-0.2, 0) is 16.3 Å². The first-order chi connectivity index (χ1) is 8.37. The lowest BCUT2D eigenvalue weighted by molar-refractivity contribution is 0.120. The molecule has 1 aromatic carbocycles. The van der Waals surface area contributed by atoms with Crippen molar-refractivity contribution in [3.05, 3.63) is 34.3 Å². The van der Waals surface area contributed by atoms with Gasteiger partial charge in [0, 0.05) is 17.4 Å². The first-order valence-corrected chi connectivity index (χ1v) is 8.21. The van der Waals surface area contributed by atoms with E-state index in [0.717, 1.165) is 11.1 Å². The van der Waals surface area contributed by atoms with E-state index in [1.165, 1.54) is 0 Å². The summed E-state index contributed by atoms with van der Waals surface area (Å²) in [6, 6.07) is 5.69. The number of aliphatic hydroxyl groups excluding tert-OH is 1. The molecule has 1 aliphatic heterocycles.